The quantitative estimate of drug-likeness (QED) is 0.774. The average Bonchev–Trinajstić information content (AvgIpc) is 2.65. The first-order chi connectivity index (χ1) is 12.0. The molecule has 0 saturated heterocycles. The lowest BCUT2D eigenvalue weighted by atomic mass is 10.1. The number of nitrogens with zero attached hydrogens (tertiary/aromatic N) is 1. The first-order valence-electron chi connectivity index (χ1n) is 8.45. The van der Waals surface area contributed by atoms with Crippen molar-refractivity contribution in [3.63, 3.8) is 0 Å². The number of amides is 1. The molecule has 0 aromatic heterocycles. The molecule has 0 saturated carbocycles. The fourth-order valence-corrected chi connectivity index (χ4v) is 2.52. The Bertz CT molecular complexity index is 705. The Hall–Kier alpha value is -2.66. The molecule has 1 amide bonds. The zero-order chi connectivity index (χ0) is 18.2. The van der Waals surface area contributed by atoms with Gasteiger partial charge in [-0.1, -0.05) is 38.1 Å². The fraction of sp³-hybridized carbons (Fsp3) is 0.300. The number of rotatable bonds is 8. The van der Waals surface area contributed by atoms with Gasteiger partial charge in [0.2, 0.25) is 0 Å². The van der Waals surface area contributed by atoms with Crippen LogP contribution < -0.4 is 5.32 Å². The molecule has 0 spiro atoms. The summed E-state index contributed by atoms with van der Waals surface area (Å²) in [5.41, 5.74) is 2.89. The van der Waals surface area contributed by atoms with Gasteiger partial charge in [0.15, 0.2) is 0 Å². The van der Waals surface area contributed by atoms with Crippen molar-refractivity contribution in [2.24, 2.45) is 0 Å². The molecule has 2 aromatic rings. The van der Waals surface area contributed by atoms with Crippen LogP contribution in [0.4, 0.5) is 0 Å². The van der Waals surface area contributed by atoms with E-state index in [-0.39, 0.29) is 11.5 Å². The summed E-state index contributed by atoms with van der Waals surface area (Å²) < 4.78 is 0. The summed E-state index contributed by atoms with van der Waals surface area (Å²) in [6, 6.07) is 14.1. The Balaban J connectivity index is 1.91. The third-order valence-corrected chi connectivity index (χ3v) is 4.17. The summed E-state index contributed by atoms with van der Waals surface area (Å²) in [4.78, 5) is 25.4. The monoisotopic (exact) mass is 340 g/mol. The highest BCUT2D eigenvalue weighted by Gasteiger charge is 2.07. The highest BCUT2D eigenvalue weighted by atomic mass is 16.4. The fourth-order valence-electron chi connectivity index (χ4n) is 2.52. The van der Waals surface area contributed by atoms with Crippen LogP contribution in [0.25, 0.3) is 0 Å². The van der Waals surface area contributed by atoms with E-state index in [9.17, 15) is 9.59 Å². The second-order valence-corrected chi connectivity index (χ2v) is 5.84. The van der Waals surface area contributed by atoms with Gasteiger partial charge in [0.25, 0.3) is 5.91 Å². The predicted molar refractivity (Wildman–Crippen MR) is 97.6 cm³/mol. The normalized spacial score (nSPS) is 10.7. The van der Waals surface area contributed by atoms with Gasteiger partial charge in [0, 0.05) is 18.7 Å². The Labute approximate surface area is 148 Å². The molecule has 2 N–H and O–H groups in total. The third kappa shape index (κ3) is 5.43. The average molecular weight is 340 g/mol. The van der Waals surface area contributed by atoms with Crippen molar-refractivity contribution < 1.29 is 14.7 Å². The van der Waals surface area contributed by atoms with Crippen LogP contribution >= 0.6 is 0 Å². The number of carbonyl (C=O) groups excluding carboxylic acids is 1. The van der Waals surface area contributed by atoms with Gasteiger partial charge in [0.1, 0.15) is 0 Å². The molecule has 5 nitrogen and oxygen atoms in total. The Morgan fingerprint density at radius 3 is 1.92 bits per heavy atom. The molecule has 2 aromatic carbocycles. The summed E-state index contributed by atoms with van der Waals surface area (Å²) in [5.74, 6) is -1.10. The van der Waals surface area contributed by atoms with Gasteiger partial charge in [-0.3, -0.25) is 9.69 Å². The molecule has 25 heavy (non-hydrogen) atoms. The van der Waals surface area contributed by atoms with Crippen LogP contribution in [0.15, 0.2) is 48.5 Å². The van der Waals surface area contributed by atoms with Crippen molar-refractivity contribution in [3.05, 3.63) is 70.8 Å². The minimum atomic E-state index is -0.958. The highest BCUT2D eigenvalue weighted by molar-refractivity contribution is 5.94. The summed E-state index contributed by atoms with van der Waals surface area (Å²) in [6.07, 6.45) is 0. The van der Waals surface area contributed by atoms with Crippen molar-refractivity contribution in [1.29, 1.82) is 0 Å². The summed E-state index contributed by atoms with van der Waals surface area (Å²) in [5, 5.41) is 11.7. The van der Waals surface area contributed by atoms with Gasteiger partial charge in [-0.25, -0.2) is 4.79 Å². The topological polar surface area (TPSA) is 69.6 Å². The van der Waals surface area contributed by atoms with Crippen molar-refractivity contribution in [2.75, 3.05) is 13.1 Å². The van der Waals surface area contributed by atoms with Crippen molar-refractivity contribution in [2.45, 2.75) is 26.9 Å². The minimum Gasteiger partial charge on any atom is -0.478 e. The molecule has 0 unspecified atom stereocenters. The molecule has 0 atom stereocenters. The molecule has 0 aliphatic carbocycles. The number of aromatic carboxylic acids is 1. The molecule has 0 aliphatic rings. The zero-order valence-corrected chi connectivity index (χ0v) is 14.7. The van der Waals surface area contributed by atoms with E-state index in [0.717, 1.165) is 25.2 Å². The predicted octanol–water partition coefficient (Wildman–Crippen LogP) is 3.16. The first kappa shape index (κ1) is 18.7. The molecule has 0 radical (unpaired) electrons. The summed E-state index contributed by atoms with van der Waals surface area (Å²) in [6.45, 7) is 7.51. The Kier molecular flexibility index (Phi) is 6.71. The van der Waals surface area contributed by atoms with Gasteiger partial charge in [-0.15, -0.1) is 0 Å². The number of nitrogens with one attached hydrogen (secondary N) is 1. The van der Waals surface area contributed by atoms with E-state index in [1.165, 1.54) is 17.7 Å². The largest absolute Gasteiger partial charge is 0.478 e. The molecule has 0 aliphatic heterocycles. The Morgan fingerprint density at radius 2 is 1.40 bits per heavy atom. The lowest BCUT2D eigenvalue weighted by molar-refractivity contribution is 0.0696. The van der Waals surface area contributed by atoms with E-state index in [2.05, 4.69) is 24.1 Å². The van der Waals surface area contributed by atoms with E-state index < -0.39 is 5.97 Å². The van der Waals surface area contributed by atoms with Crippen molar-refractivity contribution >= 4 is 11.9 Å². The van der Waals surface area contributed by atoms with E-state index in [4.69, 9.17) is 5.11 Å². The molecule has 0 bridgehead atoms. The third-order valence-electron chi connectivity index (χ3n) is 4.17. The van der Waals surface area contributed by atoms with Crippen LogP contribution in [0.1, 0.15) is 45.7 Å². The van der Waals surface area contributed by atoms with Crippen LogP contribution in [0.2, 0.25) is 0 Å². The lowest BCUT2D eigenvalue weighted by Crippen LogP contribution is -2.23. The minimum absolute atomic E-state index is 0.142. The van der Waals surface area contributed by atoms with Gasteiger partial charge < -0.3 is 10.4 Å². The maximum absolute atomic E-state index is 12.2. The number of hydrogen-bond donors (Lipinski definition) is 2. The molecule has 0 heterocycles. The van der Waals surface area contributed by atoms with Crippen LogP contribution in [-0.4, -0.2) is 35.0 Å². The van der Waals surface area contributed by atoms with E-state index in [0.29, 0.717) is 12.1 Å². The maximum atomic E-state index is 12.2. The first-order valence-corrected chi connectivity index (χ1v) is 8.45. The maximum Gasteiger partial charge on any atom is 0.335 e. The number of carboxylic acids is 1. The lowest BCUT2D eigenvalue weighted by Gasteiger charge is -2.18. The van der Waals surface area contributed by atoms with Gasteiger partial charge >= 0.3 is 5.97 Å². The molecule has 2 rings (SSSR count). The van der Waals surface area contributed by atoms with E-state index in [1.807, 2.05) is 24.3 Å². The van der Waals surface area contributed by atoms with Crippen LogP contribution in [0.3, 0.4) is 0 Å². The van der Waals surface area contributed by atoms with Gasteiger partial charge in [-0.05, 0) is 48.5 Å². The number of benzene rings is 2. The smallest absolute Gasteiger partial charge is 0.335 e. The Morgan fingerprint density at radius 1 is 0.880 bits per heavy atom. The van der Waals surface area contributed by atoms with Crippen molar-refractivity contribution in [3.8, 4) is 0 Å². The number of hydrogen-bond acceptors (Lipinski definition) is 3. The molecular formula is C20H24N2O3. The van der Waals surface area contributed by atoms with Crippen LogP contribution in [0.5, 0.6) is 0 Å². The van der Waals surface area contributed by atoms with Gasteiger partial charge in [0.05, 0.1) is 5.56 Å². The summed E-state index contributed by atoms with van der Waals surface area (Å²) >= 11 is 0. The SMILES string of the molecule is CCN(CC)Cc1ccc(C(=O)NCc2ccc(C(=O)O)cc2)cc1. The van der Waals surface area contributed by atoms with Crippen LogP contribution in [0, 0.1) is 0 Å². The van der Waals surface area contributed by atoms with Crippen LogP contribution in [-0.2, 0) is 13.1 Å². The number of carbonyl (C=O) groups is 2. The van der Waals surface area contributed by atoms with E-state index >= 15 is 0 Å². The number of carboxylic acid groups (broad SMARTS) is 1. The second kappa shape index (κ2) is 8.99. The molecule has 0 fully saturated rings. The molecule has 132 valence electrons. The van der Waals surface area contributed by atoms with Crippen molar-refractivity contribution in [1.82, 2.24) is 10.2 Å². The zero-order valence-electron chi connectivity index (χ0n) is 14.7. The van der Waals surface area contributed by atoms with Gasteiger partial charge in [-0.2, -0.15) is 0 Å². The molecular weight excluding hydrogens is 316 g/mol. The summed E-state index contributed by atoms with van der Waals surface area (Å²) in [7, 11) is 0. The standard InChI is InChI=1S/C20H24N2O3/c1-3-22(4-2)14-16-7-9-17(10-8-16)19(23)21-13-15-5-11-18(12-6-15)20(24)25/h5-12H,3-4,13-14H2,1-2H3,(H,21,23)(H,24,25). The highest BCUT2D eigenvalue weighted by Crippen LogP contribution is 2.09. The second-order valence-electron chi connectivity index (χ2n) is 5.84. The molecule has 5 heteroatoms. The van der Waals surface area contributed by atoms with E-state index in [1.54, 1.807) is 12.1 Å².